The van der Waals surface area contributed by atoms with Crippen LogP contribution in [0.1, 0.15) is 43.3 Å². The Morgan fingerprint density at radius 3 is 2.57 bits per heavy atom. The average molecular weight is 308 g/mol. The Morgan fingerprint density at radius 1 is 1.38 bits per heavy atom. The number of hydrogen-bond donors (Lipinski definition) is 2. The molecule has 0 aromatic carbocycles. The van der Waals surface area contributed by atoms with E-state index in [9.17, 15) is 9.59 Å². The van der Waals surface area contributed by atoms with E-state index in [1.807, 2.05) is 20.8 Å². The van der Waals surface area contributed by atoms with Gasteiger partial charge in [-0.15, -0.1) is 11.3 Å². The third kappa shape index (κ3) is 3.49. The molecule has 0 saturated heterocycles. The maximum atomic E-state index is 12.1. The normalized spacial score (nSPS) is 12.1. The van der Waals surface area contributed by atoms with Crippen LogP contribution in [-0.2, 0) is 6.42 Å². The molecule has 0 spiro atoms. The molecule has 112 valence electrons. The topological polar surface area (TPSA) is 92.4 Å². The zero-order valence-corrected chi connectivity index (χ0v) is 12.8. The highest BCUT2D eigenvalue weighted by Crippen LogP contribution is 2.18. The van der Waals surface area contributed by atoms with Gasteiger partial charge in [-0.05, 0) is 39.3 Å². The molecule has 2 aromatic rings. The first kappa shape index (κ1) is 15.2. The summed E-state index contributed by atoms with van der Waals surface area (Å²) in [4.78, 5) is 23.4. The number of nitrogens with zero attached hydrogens (tertiary/aromatic N) is 1. The molecule has 0 bridgehead atoms. The van der Waals surface area contributed by atoms with E-state index in [0.717, 1.165) is 28.4 Å². The second kappa shape index (κ2) is 6.09. The van der Waals surface area contributed by atoms with Crippen LogP contribution < -0.4 is 5.32 Å². The van der Waals surface area contributed by atoms with Crippen molar-refractivity contribution in [3.8, 4) is 0 Å². The number of nitrogens with one attached hydrogen (secondary N) is 1. The van der Waals surface area contributed by atoms with Crippen molar-refractivity contribution >= 4 is 23.2 Å². The van der Waals surface area contributed by atoms with Crippen LogP contribution >= 0.6 is 11.3 Å². The van der Waals surface area contributed by atoms with E-state index < -0.39 is 5.97 Å². The second-order valence-corrected chi connectivity index (χ2v) is 5.93. The molecular formula is C14H16N2O4S. The maximum Gasteiger partial charge on any atom is 0.345 e. The molecule has 2 heterocycles. The minimum absolute atomic E-state index is 0.107. The van der Waals surface area contributed by atoms with Crippen LogP contribution in [0.4, 0.5) is 0 Å². The molecule has 1 atom stereocenters. The predicted octanol–water partition coefficient (Wildman–Crippen LogP) is 2.41. The first-order valence-electron chi connectivity index (χ1n) is 6.44. The fraction of sp³-hybridized carbons (Fsp3) is 0.357. The number of hydrogen-bond acceptors (Lipinski definition) is 5. The van der Waals surface area contributed by atoms with Gasteiger partial charge in [-0.1, -0.05) is 5.16 Å². The van der Waals surface area contributed by atoms with E-state index >= 15 is 0 Å². The van der Waals surface area contributed by atoms with Gasteiger partial charge in [0.15, 0.2) is 0 Å². The molecule has 1 unspecified atom stereocenters. The first-order valence-corrected chi connectivity index (χ1v) is 7.26. The third-order valence-corrected chi connectivity index (χ3v) is 4.18. The van der Waals surface area contributed by atoms with Crippen LogP contribution in [0.25, 0.3) is 0 Å². The van der Waals surface area contributed by atoms with Gasteiger partial charge in [0, 0.05) is 11.6 Å². The number of rotatable bonds is 5. The summed E-state index contributed by atoms with van der Waals surface area (Å²) in [5, 5.41) is 15.6. The lowest BCUT2D eigenvalue weighted by atomic mass is 10.1. The van der Waals surface area contributed by atoms with Gasteiger partial charge in [0.05, 0.1) is 10.6 Å². The van der Waals surface area contributed by atoms with E-state index in [-0.39, 0.29) is 16.8 Å². The van der Waals surface area contributed by atoms with E-state index in [0.29, 0.717) is 11.3 Å². The third-order valence-electron chi connectivity index (χ3n) is 3.11. The minimum atomic E-state index is -1.03. The molecule has 2 aromatic heterocycles. The smallest absolute Gasteiger partial charge is 0.345 e. The quantitative estimate of drug-likeness (QED) is 0.885. The number of amides is 1. The highest BCUT2D eigenvalue weighted by molar-refractivity contribution is 7.15. The van der Waals surface area contributed by atoms with Crippen molar-refractivity contribution in [2.24, 2.45) is 0 Å². The first-order chi connectivity index (χ1) is 9.88. The van der Waals surface area contributed by atoms with E-state index in [4.69, 9.17) is 9.63 Å². The number of carbonyl (C=O) groups excluding carboxylic acids is 1. The van der Waals surface area contributed by atoms with Gasteiger partial charge in [-0.3, -0.25) is 4.79 Å². The van der Waals surface area contributed by atoms with E-state index in [1.165, 1.54) is 12.1 Å². The number of aromatic nitrogens is 1. The lowest BCUT2D eigenvalue weighted by molar-refractivity contribution is 0.0702. The van der Waals surface area contributed by atoms with Crippen molar-refractivity contribution < 1.29 is 19.2 Å². The summed E-state index contributed by atoms with van der Waals surface area (Å²) in [5.41, 5.74) is 1.80. The fourth-order valence-electron chi connectivity index (χ4n) is 2.02. The minimum Gasteiger partial charge on any atom is -0.477 e. The molecule has 2 N–H and O–H groups in total. The largest absolute Gasteiger partial charge is 0.477 e. The van der Waals surface area contributed by atoms with Crippen molar-refractivity contribution in [2.45, 2.75) is 33.2 Å². The molecule has 2 rings (SSSR count). The van der Waals surface area contributed by atoms with Crippen LogP contribution in [0.2, 0.25) is 0 Å². The van der Waals surface area contributed by atoms with E-state index in [2.05, 4.69) is 10.5 Å². The van der Waals surface area contributed by atoms with Gasteiger partial charge < -0.3 is 14.9 Å². The lowest BCUT2D eigenvalue weighted by Gasteiger charge is -2.12. The molecule has 0 aliphatic heterocycles. The number of carboxylic acid groups (broad SMARTS) is 1. The van der Waals surface area contributed by atoms with E-state index in [1.54, 1.807) is 0 Å². The number of carbonyl (C=O) groups is 2. The Morgan fingerprint density at radius 2 is 2.05 bits per heavy atom. The number of carboxylic acids is 1. The summed E-state index contributed by atoms with van der Waals surface area (Å²) in [5.74, 6) is -0.549. The summed E-state index contributed by atoms with van der Waals surface area (Å²) in [6.07, 6.45) is 0.615. The van der Waals surface area contributed by atoms with Crippen LogP contribution in [0.3, 0.4) is 0 Å². The lowest BCUT2D eigenvalue weighted by Crippen LogP contribution is -2.33. The molecule has 0 saturated carbocycles. The number of thiophene rings is 1. The second-order valence-electron chi connectivity index (χ2n) is 4.85. The van der Waals surface area contributed by atoms with Crippen LogP contribution in [0.15, 0.2) is 16.7 Å². The number of aromatic carboxylic acids is 1. The number of aryl methyl sites for hydroxylation is 2. The SMILES string of the molecule is Cc1noc(C)c1CC(C)NC(=O)c1ccc(C(=O)O)s1. The van der Waals surface area contributed by atoms with Gasteiger partial charge in [0.2, 0.25) is 0 Å². The maximum absolute atomic E-state index is 12.1. The van der Waals surface area contributed by atoms with Gasteiger partial charge in [-0.25, -0.2) is 4.79 Å². The van der Waals surface area contributed by atoms with Crippen molar-refractivity contribution in [1.29, 1.82) is 0 Å². The molecule has 0 fully saturated rings. The average Bonchev–Trinajstić information content (AvgIpc) is 3.01. The molecule has 21 heavy (non-hydrogen) atoms. The van der Waals surface area contributed by atoms with Crippen LogP contribution in [0, 0.1) is 13.8 Å². The molecule has 0 radical (unpaired) electrons. The zero-order valence-electron chi connectivity index (χ0n) is 12.0. The van der Waals surface area contributed by atoms with Gasteiger partial charge in [-0.2, -0.15) is 0 Å². The van der Waals surface area contributed by atoms with Crippen molar-refractivity contribution in [3.05, 3.63) is 38.9 Å². The van der Waals surface area contributed by atoms with Gasteiger partial charge >= 0.3 is 5.97 Å². The Hall–Kier alpha value is -2.15. The van der Waals surface area contributed by atoms with Crippen molar-refractivity contribution in [2.75, 3.05) is 0 Å². The molecule has 0 aliphatic carbocycles. The summed E-state index contributed by atoms with van der Waals surface area (Å²) in [6, 6.07) is 2.84. The standard InChI is InChI=1S/C14H16N2O4S/c1-7(6-10-8(2)16-20-9(10)3)15-13(17)11-4-5-12(21-11)14(18)19/h4-5,7H,6H2,1-3H3,(H,15,17)(H,18,19). The van der Waals surface area contributed by atoms with Gasteiger partial charge in [0.1, 0.15) is 10.6 Å². The molecular weight excluding hydrogens is 292 g/mol. The van der Waals surface area contributed by atoms with Crippen LogP contribution in [-0.4, -0.2) is 28.2 Å². The van der Waals surface area contributed by atoms with Gasteiger partial charge in [0.25, 0.3) is 5.91 Å². The van der Waals surface area contributed by atoms with Crippen molar-refractivity contribution in [1.82, 2.24) is 10.5 Å². The molecule has 7 heteroatoms. The highest BCUT2D eigenvalue weighted by Gasteiger charge is 2.17. The Balaban J connectivity index is 2.00. The summed E-state index contributed by atoms with van der Waals surface area (Å²) in [6.45, 7) is 5.58. The Labute approximate surface area is 125 Å². The molecule has 6 nitrogen and oxygen atoms in total. The highest BCUT2D eigenvalue weighted by atomic mass is 32.1. The summed E-state index contributed by atoms with van der Waals surface area (Å²) in [7, 11) is 0. The Kier molecular flexibility index (Phi) is 4.42. The fourth-order valence-corrected chi connectivity index (χ4v) is 2.77. The summed E-state index contributed by atoms with van der Waals surface area (Å²) < 4.78 is 5.09. The van der Waals surface area contributed by atoms with Crippen LogP contribution in [0.5, 0.6) is 0 Å². The summed E-state index contributed by atoms with van der Waals surface area (Å²) >= 11 is 0.963. The zero-order chi connectivity index (χ0) is 15.6. The molecule has 1 amide bonds. The monoisotopic (exact) mass is 308 g/mol. The Bertz CT molecular complexity index is 655. The van der Waals surface area contributed by atoms with Crippen molar-refractivity contribution in [3.63, 3.8) is 0 Å². The predicted molar refractivity (Wildman–Crippen MR) is 77.9 cm³/mol. The molecule has 0 aliphatic rings.